The summed E-state index contributed by atoms with van der Waals surface area (Å²) in [5.41, 5.74) is -0.0236. The van der Waals surface area contributed by atoms with Crippen molar-refractivity contribution in [2.75, 3.05) is 0 Å². The molecule has 1 N–H and O–H groups in total. The Hall–Kier alpha value is -0.940. The quantitative estimate of drug-likeness (QED) is 0.657. The Morgan fingerprint density at radius 3 is 2.40 bits per heavy atom. The number of halogens is 4. The van der Waals surface area contributed by atoms with Crippen LogP contribution in [0.1, 0.15) is 10.4 Å². The van der Waals surface area contributed by atoms with Crippen LogP contribution in [-0.2, 0) is 0 Å². The number of hydrogen-bond acceptors (Lipinski definition) is 2. The van der Waals surface area contributed by atoms with E-state index in [2.05, 4.69) is 15.9 Å². The van der Waals surface area contributed by atoms with Crippen molar-refractivity contribution < 1.29 is 14.6 Å². The third-order valence-electron chi connectivity index (χ3n) is 2.37. The van der Waals surface area contributed by atoms with Gasteiger partial charge in [0.15, 0.2) is 0 Å². The molecule has 0 aromatic heterocycles. The first kappa shape index (κ1) is 15.4. The molecule has 104 valence electrons. The lowest BCUT2D eigenvalue weighted by atomic mass is 10.2. The highest BCUT2D eigenvalue weighted by molar-refractivity contribution is 9.10. The number of hydrogen-bond donors (Lipinski definition) is 1. The van der Waals surface area contributed by atoms with Crippen LogP contribution in [0.2, 0.25) is 15.1 Å². The highest BCUT2D eigenvalue weighted by Gasteiger charge is 2.15. The first-order chi connectivity index (χ1) is 9.38. The fraction of sp³-hybridized carbons (Fsp3) is 0. The summed E-state index contributed by atoms with van der Waals surface area (Å²) in [7, 11) is 0. The maximum Gasteiger partial charge on any atom is 0.339 e. The molecule has 0 heterocycles. The summed E-state index contributed by atoms with van der Waals surface area (Å²) < 4.78 is 6.13. The second-order valence-electron chi connectivity index (χ2n) is 3.74. The van der Waals surface area contributed by atoms with Gasteiger partial charge < -0.3 is 9.84 Å². The highest BCUT2D eigenvalue weighted by atomic mass is 79.9. The summed E-state index contributed by atoms with van der Waals surface area (Å²) in [4.78, 5) is 11.1. The predicted octanol–water partition coefficient (Wildman–Crippen LogP) is 5.90. The van der Waals surface area contributed by atoms with E-state index >= 15 is 0 Å². The Balaban J connectivity index is 2.47. The van der Waals surface area contributed by atoms with Gasteiger partial charge in [-0.05, 0) is 34.1 Å². The van der Waals surface area contributed by atoms with E-state index in [1.54, 1.807) is 6.07 Å². The Bertz CT molecular complexity index is 689. The minimum absolute atomic E-state index is 0.0236. The van der Waals surface area contributed by atoms with E-state index in [4.69, 9.17) is 44.6 Å². The van der Waals surface area contributed by atoms with E-state index in [0.29, 0.717) is 14.5 Å². The first-order valence-electron chi connectivity index (χ1n) is 5.23. The maximum atomic E-state index is 11.1. The van der Waals surface area contributed by atoms with Gasteiger partial charge in [0.05, 0.1) is 10.0 Å². The van der Waals surface area contributed by atoms with Gasteiger partial charge >= 0.3 is 5.97 Å². The van der Waals surface area contributed by atoms with Gasteiger partial charge in [0.2, 0.25) is 0 Å². The van der Waals surface area contributed by atoms with E-state index in [1.165, 1.54) is 24.3 Å². The normalized spacial score (nSPS) is 10.4. The molecule has 0 radical (unpaired) electrons. The smallest absolute Gasteiger partial charge is 0.339 e. The largest absolute Gasteiger partial charge is 0.478 e. The zero-order valence-corrected chi connectivity index (χ0v) is 13.5. The van der Waals surface area contributed by atoms with E-state index in [9.17, 15) is 4.79 Å². The third kappa shape index (κ3) is 3.38. The molecule has 0 spiro atoms. The number of ether oxygens (including phenoxy) is 1. The van der Waals surface area contributed by atoms with Gasteiger partial charge in [-0.25, -0.2) is 4.79 Å². The van der Waals surface area contributed by atoms with Crippen molar-refractivity contribution in [2.45, 2.75) is 0 Å². The van der Waals surface area contributed by atoms with Gasteiger partial charge in [0.25, 0.3) is 0 Å². The van der Waals surface area contributed by atoms with Crippen LogP contribution >= 0.6 is 50.7 Å². The maximum absolute atomic E-state index is 11.1. The molecule has 0 bridgehead atoms. The molecule has 20 heavy (non-hydrogen) atoms. The fourth-order valence-electron chi connectivity index (χ4n) is 1.46. The van der Waals surface area contributed by atoms with Crippen molar-refractivity contribution in [3.63, 3.8) is 0 Å². The molecule has 7 heteroatoms. The van der Waals surface area contributed by atoms with E-state index in [0.717, 1.165) is 0 Å². The van der Waals surface area contributed by atoms with Gasteiger partial charge in [-0.1, -0.05) is 34.8 Å². The number of rotatable bonds is 3. The molecule has 2 aromatic rings. The van der Waals surface area contributed by atoms with Gasteiger partial charge in [-0.2, -0.15) is 0 Å². The monoisotopic (exact) mass is 394 g/mol. The summed E-state index contributed by atoms with van der Waals surface area (Å²) in [5, 5.41) is 10.1. The third-order valence-corrected chi connectivity index (χ3v) is 4.10. The summed E-state index contributed by atoms with van der Waals surface area (Å²) in [6.07, 6.45) is 0. The molecular weight excluding hydrogens is 390 g/mol. The first-order valence-corrected chi connectivity index (χ1v) is 7.16. The molecule has 0 aliphatic carbocycles. The molecule has 2 rings (SSSR count). The summed E-state index contributed by atoms with van der Waals surface area (Å²) >= 11 is 21.1. The van der Waals surface area contributed by atoms with E-state index in [-0.39, 0.29) is 22.1 Å². The van der Waals surface area contributed by atoms with Gasteiger partial charge in [0.1, 0.15) is 17.1 Å². The number of benzene rings is 2. The summed E-state index contributed by atoms with van der Waals surface area (Å²) in [6.45, 7) is 0. The molecule has 3 nitrogen and oxygen atoms in total. The molecule has 0 aliphatic rings. The number of carboxylic acids is 1. The lowest BCUT2D eigenvalue weighted by molar-refractivity contribution is 0.0694. The SMILES string of the molecule is O=C(O)c1ccc(Cl)cc1Oc1cc(Cl)c(Br)cc1Cl. The van der Waals surface area contributed by atoms with Gasteiger partial charge in [0, 0.05) is 21.6 Å². The van der Waals surface area contributed by atoms with Crippen LogP contribution in [0.25, 0.3) is 0 Å². The molecule has 0 unspecified atom stereocenters. The molecule has 0 saturated carbocycles. The van der Waals surface area contributed by atoms with Crippen LogP contribution in [-0.4, -0.2) is 11.1 Å². The van der Waals surface area contributed by atoms with Crippen molar-refractivity contribution in [1.29, 1.82) is 0 Å². The lowest BCUT2D eigenvalue weighted by Gasteiger charge is -2.11. The second-order valence-corrected chi connectivity index (χ2v) is 5.85. The Morgan fingerprint density at radius 1 is 1.05 bits per heavy atom. The predicted molar refractivity (Wildman–Crippen MR) is 82.6 cm³/mol. The standard InChI is InChI=1S/C13H6BrCl3O3/c14-8-4-10(17)12(5-9(8)16)20-11-3-6(15)1-2-7(11)13(18)19/h1-5H,(H,18,19). The Labute approximate surface area is 138 Å². The zero-order valence-electron chi connectivity index (χ0n) is 9.66. The van der Waals surface area contributed by atoms with Crippen LogP contribution in [0.3, 0.4) is 0 Å². The van der Waals surface area contributed by atoms with Gasteiger partial charge in [-0.3, -0.25) is 0 Å². The van der Waals surface area contributed by atoms with Crippen molar-refractivity contribution >= 4 is 56.7 Å². The van der Waals surface area contributed by atoms with Crippen LogP contribution < -0.4 is 4.74 Å². The molecule has 2 aromatic carbocycles. The average molecular weight is 396 g/mol. The Kier molecular flexibility index (Phi) is 4.81. The van der Waals surface area contributed by atoms with E-state index in [1.807, 2.05) is 0 Å². The zero-order chi connectivity index (χ0) is 14.9. The molecule has 0 amide bonds. The van der Waals surface area contributed by atoms with Crippen LogP contribution in [0.4, 0.5) is 0 Å². The highest BCUT2D eigenvalue weighted by Crippen LogP contribution is 2.38. The number of carboxylic acid groups (broad SMARTS) is 1. The Morgan fingerprint density at radius 2 is 1.75 bits per heavy atom. The topological polar surface area (TPSA) is 46.5 Å². The van der Waals surface area contributed by atoms with Crippen molar-refractivity contribution in [1.82, 2.24) is 0 Å². The minimum Gasteiger partial charge on any atom is -0.478 e. The second kappa shape index (κ2) is 6.22. The average Bonchev–Trinajstić information content (AvgIpc) is 2.35. The van der Waals surface area contributed by atoms with Crippen molar-refractivity contribution in [3.05, 3.63) is 55.4 Å². The van der Waals surface area contributed by atoms with Crippen LogP contribution in [0.15, 0.2) is 34.8 Å². The van der Waals surface area contributed by atoms with E-state index < -0.39 is 5.97 Å². The molecular formula is C13H6BrCl3O3. The fourth-order valence-corrected chi connectivity index (χ4v) is 2.45. The van der Waals surface area contributed by atoms with Crippen molar-refractivity contribution in [3.8, 4) is 11.5 Å². The van der Waals surface area contributed by atoms with Crippen molar-refractivity contribution in [2.24, 2.45) is 0 Å². The number of aromatic carboxylic acids is 1. The molecule has 0 atom stereocenters. The van der Waals surface area contributed by atoms with Crippen LogP contribution in [0.5, 0.6) is 11.5 Å². The molecule has 0 saturated heterocycles. The van der Waals surface area contributed by atoms with Gasteiger partial charge in [-0.15, -0.1) is 0 Å². The molecule has 0 fully saturated rings. The minimum atomic E-state index is -1.13. The summed E-state index contributed by atoms with van der Waals surface area (Å²) in [6, 6.07) is 7.27. The molecule has 0 aliphatic heterocycles. The lowest BCUT2D eigenvalue weighted by Crippen LogP contribution is -2.00. The number of carbonyl (C=O) groups is 1. The van der Waals surface area contributed by atoms with Crippen LogP contribution in [0, 0.1) is 0 Å². The summed E-state index contributed by atoms with van der Waals surface area (Å²) in [5.74, 6) is -0.800.